The predicted molar refractivity (Wildman–Crippen MR) is 186 cm³/mol. The van der Waals surface area contributed by atoms with Crippen LogP contribution >= 0.6 is 0 Å². The number of nitrogens with zero attached hydrogens (tertiary/aromatic N) is 1. The minimum Gasteiger partial charge on any atom is -0.487 e. The lowest BCUT2D eigenvalue weighted by atomic mass is 9.89. The second-order valence-electron chi connectivity index (χ2n) is 13.2. The van der Waals surface area contributed by atoms with Gasteiger partial charge >= 0.3 is 12.3 Å². The molecular weight excluding hydrogens is 630 g/mol. The van der Waals surface area contributed by atoms with Gasteiger partial charge in [-0.25, -0.2) is 8.78 Å². The van der Waals surface area contributed by atoms with Crippen LogP contribution in [-0.2, 0) is 17.7 Å². The Hall–Kier alpha value is -4.69. The van der Waals surface area contributed by atoms with E-state index in [4.69, 9.17) is 9.47 Å². The standard InChI is InChI=1S/C41H37F4NO3/c1-24-17-25(2)37(26(3)18-24)39(47)34-21-33-32-20-27(19-28-9-4-7-13-36(28)49-23-41(44,45)40(42)43)14-15-35(32)46(22-29-10-8-16-48-29)38(33)31-12-6-5-11-30(31)34/h4-7,9,11-15,17-18,20-21,29,40H,8,10,16,19,22-23H2,1-3H3. The van der Waals surface area contributed by atoms with E-state index in [0.717, 1.165) is 74.3 Å². The van der Waals surface area contributed by atoms with Gasteiger partial charge in [0.05, 0.1) is 11.6 Å². The third-order valence-electron chi connectivity index (χ3n) is 9.59. The molecule has 0 bridgehead atoms. The van der Waals surface area contributed by atoms with Crippen molar-refractivity contribution in [1.82, 2.24) is 4.57 Å². The summed E-state index contributed by atoms with van der Waals surface area (Å²) in [5.41, 5.74) is 7.78. The first kappa shape index (κ1) is 32.8. The summed E-state index contributed by atoms with van der Waals surface area (Å²) in [7, 11) is 0. The Bertz CT molecular complexity index is 2190. The highest BCUT2D eigenvalue weighted by atomic mass is 19.3. The number of aromatic nitrogens is 1. The summed E-state index contributed by atoms with van der Waals surface area (Å²) in [4.78, 5) is 14.5. The average Bonchev–Trinajstić information content (AvgIpc) is 3.69. The first-order valence-electron chi connectivity index (χ1n) is 16.6. The smallest absolute Gasteiger partial charge is 0.340 e. The zero-order valence-electron chi connectivity index (χ0n) is 27.7. The Morgan fingerprint density at radius 3 is 2.33 bits per heavy atom. The highest BCUT2D eigenvalue weighted by Crippen LogP contribution is 2.39. The fourth-order valence-corrected chi connectivity index (χ4v) is 7.41. The van der Waals surface area contributed by atoms with Gasteiger partial charge in [0.1, 0.15) is 5.75 Å². The molecule has 7 rings (SSSR count). The number of fused-ring (bicyclic) bond motifs is 5. The molecule has 1 aliphatic rings. The molecule has 0 N–H and O–H groups in total. The normalized spacial score (nSPS) is 15.2. The lowest BCUT2D eigenvalue weighted by Gasteiger charge is -2.18. The van der Waals surface area contributed by atoms with Gasteiger partial charge in [0.25, 0.3) is 0 Å². The molecule has 4 nitrogen and oxygen atoms in total. The molecule has 8 heteroatoms. The van der Waals surface area contributed by atoms with E-state index in [-0.39, 0.29) is 17.6 Å². The molecule has 5 aromatic carbocycles. The molecule has 0 saturated carbocycles. The topological polar surface area (TPSA) is 40.5 Å². The molecule has 2 heterocycles. The van der Waals surface area contributed by atoms with Crippen LogP contribution < -0.4 is 4.74 Å². The number of para-hydroxylation sites is 1. The van der Waals surface area contributed by atoms with Crippen molar-refractivity contribution in [3.8, 4) is 5.75 Å². The Labute approximate surface area is 282 Å². The Kier molecular flexibility index (Phi) is 8.69. The first-order chi connectivity index (χ1) is 23.5. The maximum atomic E-state index is 14.5. The van der Waals surface area contributed by atoms with Gasteiger partial charge in [-0.15, -0.1) is 0 Å². The summed E-state index contributed by atoms with van der Waals surface area (Å²) in [6.07, 6.45) is -1.47. The summed E-state index contributed by atoms with van der Waals surface area (Å²) in [5.74, 6) is -4.16. The Morgan fingerprint density at radius 2 is 1.61 bits per heavy atom. The van der Waals surface area contributed by atoms with E-state index >= 15 is 0 Å². The largest absolute Gasteiger partial charge is 0.487 e. The number of carbonyl (C=O) groups is 1. The molecule has 1 aliphatic heterocycles. The number of halogens is 4. The highest BCUT2D eigenvalue weighted by Gasteiger charge is 2.42. The number of benzene rings is 5. The zero-order chi connectivity index (χ0) is 34.4. The number of alkyl halides is 4. The van der Waals surface area contributed by atoms with Crippen molar-refractivity contribution in [1.29, 1.82) is 0 Å². The van der Waals surface area contributed by atoms with Crippen molar-refractivity contribution in [2.45, 2.75) is 65.0 Å². The van der Waals surface area contributed by atoms with Crippen LogP contribution in [0.25, 0.3) is 32.6 Å². The predicted octanol–water partition coefficient (Wildman–Crippen LogP) is 10.2. The van der Waals surface area contributed by atoms with Crippen molar-refractivity contribution in [3.63, 3.8) is 0 Å². The van der Waals surface area contributed by atoms with E-state index in [9.17, 15) is 22.4 Å². The first-order valence-corrected chi connectivity index (χ1v) is 16.6. The molecule has 0 amide bonds. The molecule has 49 heavy (non-hydrogen) atoms. The van der Waals surface area contributed by atoms with E-state index in [2.05, 4.69) is 22.8 Å². The van der Waals surface area contributed by atoms with Crippen molar-refractivity contribution < 1.29 is 31.8 Å². The Morgan fingerprint density at radius 1 is 0.898 bits per heavy atom. The number of ether oxygens (including phenoxy) is 2. The number of aryl methyl sites for hydroxylation is 3. The van der Waals surface area contributed by atoms with Crippen LogP contribution in [0.3, 0.4) is 0 Å². The van der Waals surface area contributed by atoms with Gasteiger partial charge in [-0.1, -0.05) is 66.2 Å². The number of carbonyl (C=O) groups excluding carboxylic acids is 1. The fraction of sp³-hybridized carbons (Fsp3) is 0.293. The molecule has 1 saturated heterocycles. The van der Waals surface area contributed by atoms with Gasteiger partial charge in [0, 0.05) is 52.4 Å². The number of rotatable bonds is 10. The quantitative estimate of drug-likeness (QED) is 0.108. The summed E-state index contributed by atoms with van der Waals surface area (Å²) in [5, 5.41) is 3.73. The van der Waals surface area contributed by atoms with Crippen LogP contribution in [-0.4, -0.2) is 42.0 Å². The van der Waals surface area contributed by atoms with Gasteiger partial charge in [0.2, 0.25) is 0 Å². The summed E-state index contributed by atoms with van der Waals surface area (Å²) < 4.78 is 66.7. The maximum absolute atomic E-state index is 14.5. The van der Waals surface area contributed by atoms with E-state index in [1.54, 1.807) is 18.2 Å². The maximum Gasteiger partial charge on any atom is 0.340 e. The van der Waals surface area contributed by atoms with Gasteiger partial charge in [-0.2, -0.15) is 8.78 Å². The monoisotopic (exact) mass is 667 g/mol. The molecule has 0 radical (unpaired) electrons. The molecule has 1 aromatic heterocycles. The Balaban J connectivity index is 1.39. The molecule has 1 atom stereocenters. The van der Waals surface area contributed by atoms with E-state index in [1.807, 2.05) is 63.2 Å². The van der Waals surface area contributed by atoms with Crippen molar-refractivity contribution >= 4 is 38.4 Å². The third kappa shape index (κ3) is 6.19. The summed E-state index contributed by atoms with van der Waals surface area (Å²) in [6.45, 7) is 5.95. The average molecular weight is 668 g/mol. The molecule has 1 fully saturated rings. The van der Waals surface area contributed by atoms with Crippen molar-refractivity contribution in [3.05, 3.63) is 124 Å². The van der Waals surface area contributed by atoms with Crippen LogP contribution in [0.15, 0.2) is 84.9 Å². The minimum atomic E-state index is -4.26. The molecular formula is C41H37F4NO3. The van der Waals surface area contributed by atoms with Gasteiger partial charge in [-0.3, -0.25) is 4.79 Å². The van der Waals surface area contributed by atoms with Gasteiger partial charge in [-0.05, 0) is 85.5 Å². The lowest BCUT2D eigenvalue weighted by Crippen LogP contribution is -2.33. The van der Waals surface area contributed by atoms with E-state index in [0.29, 0.717) is 29.7 Å². The van der Waals surface area contributed by atoms with E-state index < -0.39 is 19.0 Å². The molecule has 252 valence electrons. The van der Waals surface area contributed by atoms with Gasteiger partial charge in [0.15, 0.2) is 12.4 Å². The van der Waals surface area contributed by atoms with E-state index in [1.165, 1.54) is 6.07 Å². The van der Waals surface area contributed by atoms with Crippen LogP contribution in [0.4, 0.5) is 17.6 Å². The summed E-state index contributed by atoms with van der Waals surface area (Å²) >= 11 is 0. The van der Waals surface area contributed by atoms with Crippen LogP contribution in [0.5, 0.6) is 5.75 Å². The molecule has 1 unspecified atom stereocenters. The van der Waals surface area contributed by atoms with Crippen LogP contribution in [0, 0.1) is 20.8 Å². The minimum absolute atomic E-state index is 0.0315. The molecule has 6 aromatic rings. The number of ketones is 1. The SMILES string of the molecule is Cc1cc(C)c(C(=O)c2cc3c4cc(Cc5ccccc5OCC(F)(F)C(F)F)ccc4n(CC4CCCO4)c3c3ccccc23)c(C)c1. The number of hydrogen-bond donors (Lipinski definition) is 0. The van der Waals surface area contributed by atoms with Crippen molar-refractivity contribution in [2.75, 3.05) is 13.2 Å². The zero-order valence-corrected chi connectivity index (χ0v) is 27.7. The van der Waals surface area contributed by atoms with Crippen LogP contribution in [0.1, 0.15) is 56.6 Å². The highest BCUT2D eigenvalue weighted by molar-refractivity contribution is 6.26. The fourth-order valence-electron chi connectivity index (χ4n) is 7.41. The number of hydrogen-bond acceptors (Lipinski definition) is 3. The summed E-state index contributed by atoms with van der Waals surface area (Å²) in [6, 6.07) is 26.9. The van der Waals surface area contributed by atoms with Gasteiger partial charge < -0.3 is 14.0 Å². The van der Waals surface area contributed by atoms with Crippen molar-refractivity contribution in [2.24, 2.45) is 0 Å². The molecule has 0 spiro atoms. The lowest BCUT2D eigenvalue weighted by molar-refractivity contribution is -0.148. The van der Waals surface area contributed by atoms with Crippen LogP contribution in [0.2, 0.25) is 0 Å². The molecule has 0 aliphatic carbocycles. The third-order valence-corrected chi connectivity index (χ3v) is 9.59. The second-order valence-corrected chi connectivity index (χ2v) is 13.2. The second kappa shape index (κ2) is 13.0.